The Morgan fingerprint density at radius 1 is 0.477 bits per heavy atom. The molecule has 0 aliphatic carbocycles. The van der Waals surface area contributed by atoms with Gasteiger partial charge in [0.2, 0.25) is 0 Å². The molecule has 0 bridgehead atoms. The molecule has 0 spiro atoms. The summed E-state index contributed by atoms with van der Waals surface area (Å²) < 4.78 is 12.1. The molecule has 0 radical (unpaired) electrons. The molecule has 0 saturated carbocycles. The van der Waals surface area contributed by atoms with Gasteiger partial charge in [0, 0.05) is 114 Å². The number of aldehydes is 1. The van der Waals surface area contributed by atoms with Crippen LogP contribution in [0.4, 0.5) is 32.8 Å². The minimum atomic E-state index is -0.311. The third-order valence-electron chi connectivity index (χ3n) is 14.1. The number of halogens is 1. The quantitative estimate of drug-likeness (QED) is 0.0241. The van der Waals surface area contributed by atoms with Gasteiger partial charge in [0.15, 0.2) is 0 Å². The van der Waals surface area contributed by atoms with E-state index in [-0.39, 0.29) is 23.8 Å². The van der Waals surface area contributed by atoms with Crippen LogP contribution >= 0.6 is 0 Å². The van der Waals surface area contributed by atoms with E-state index in [2.05, 4.69) is 224 Å². The lowest BCUT2D eigenvalue weighted by Crippen LogP contribution is -2.17. The Morgan fingerprint density at radius 3 is 0.977 bits per heavy atom. The van der Waals surface area contributed by atoms with Crippen LogP contribution in [0.15, 0.2) is 152 Å². The zero-order valence-corrected chi connectivity index (χ0v) is 56.7. The number of hydrogen-bond donors (Lipinski definition) is 4. The van der Waals surface area contributed by atoms with Gasteiger partial charge >= 0.3 is 0 Å². The van der Waals surface area contributed by atoms with Crippen molar-refractivity contribution >= 4 is 40.8 Å². The molecule has 13 nitrogen and oxygen atoms in total. The summed E-state index contributed by atoms with van der Waals surface area (Å²) in [6, 6.07) is 50.8. The molecule has 1 unspecified atom stereocenters. The molecule has 0 amide bonds. The van der Waals surface area contributed by atoms with Crippen LogP contribution in [0.25, 0.3) is 6.08 Å². The summed E-state index contributed by atoms with van der Waals surface area (Å²) in [5, 5.41) is 29.1. The predicted molar refractivity (Wildman–Crippen MR) is 381 cm³/mol. The average molecular weight is 1210 g/mol. The lowest BCUT2D eigenvalue weighted by molar-refractivity contribution is 0.112. The predicted octanol–water partition coefficient (Wildman–Crippen LogP) is 15.7. The Balaban J connectivity index is -0.000000967. The molecule has 6 aromatic carbocycles. The molecule has 1 atom stereocenters. The SMILES string of the molecule is C=Cc1ccc(N(C)CCC)cc1.CCCN(C)c1ccc(C#N)cc1.CCCN(C)c1ccc(C(CC)CC)cc1.CCCN(C)c1ccc(C(CC)CO)cc1.CCCN(C)c1ccc(C=O)cc1.CCCNC.N#Cc1ccc(F)cc1.NN.O. The molecule has 0 aromatic heterocycles. The first-order valence-corrected chi connectivity index (χ1v) is 31.3. The molecule has 0 saturated heterocycles. The number of nitrogens with zero attached hydrogens (tertiary/aromatic N) is 7. The molecular weight excluding hydrogens is 1100 g/mol. The number of aliphatic hydroxyl groups is 1. The number of nitriles is 2. The number of hydrogen-bond acceptors (Lipinski definition) is 12. The number of anilines is 5. The Hall–Kier alpha value is -7.56. The van der Waals surface area contributed by atoms with Gasteiger partial charge in [-0.25, -0.2) is 4.39 Å². The summed E-state index contributed by atoms with van der Waals surface area (Å²) in [7, 11) is 12.5. The standard InChI is InChI=1S/C15H25N.C14H23NO.C12H17N.C11H14N2.C11H15NO.C7H4FN.C4H11N.H4N2.H2O/c1-5-12-16(4)15-10-8-14(9-11-15)13(6-2)7-3;1-4-10-15(3)14-8-6-13(7-9-14)12(5-2)11-16;1-4-10-13(3)12-8-6-11(5-2)7-9-12;1-3-8-13(2)11-6-4-10(9-12)5-7-11;1-3-8-12(2)11-6-4-10(9-13)5-7-11;8-7-3-1-6(5-9)2-4-7;1-3-4-5-2;1-2;/h8-11,13H,5-7,12H2,1-4H3;6-9,12,16H,4-5,10-11H2,1-3H3;5-9H,2,4,10H2,1,3H3;4-7H,3,8H2,1-2H3;4-7,9H,3,8H2,1-2H3;1-4H;5H,3-4H2,1-2H3;1-2H2;1H2. The minimum absolute atomic E-state index is 0. The van der Waals surface area contributed by atoms with Gasteiger partial charge in [0.25, 0.3) is 0 Å². The smallest absolute Gasteiger partial charge is 0.150 e. The second-order valence-electron chi connectivity index (χ2n) is 21.0. The third kappa shape index (κ3) is 36.6. The van der Waals surface area contributed by atoms with E-state index in [1.807, 2.05) is 67.7 Å². The third-order valence-corrected chi connectivity index (χ3v) is 14.1. The van der Waals surface area contributed by atoms with E-state index in [1.165, 1.54) is 95.8 Å². The zero-order chi connectivity index (χ0) is 65.8. The van der Waals surface area contributed by atoms with E-state index < -0.39 is 0 Å². The number of nitrogens with two attached hydrogens (primary N) is 2. The molecule has 8 N–H and O–H groups in total. The van der Waals surface area contributed by atoms with Crippen molar-refractivity contribution in [1.82, 2.24) is 5.32 Å². The fraction of sp³-hybridized carbons (Fsp3) is 0.446. The summed E-state index contributed by atoms with van der Waals surface area (Å²) in [6.07, 6.45) is 13.2. The molecule has 6 aromatic rings. The van der Waals surface area contributed by atoms with Gasteiger partial charge in [0.05, 0.1) is 23.3 Å². The average Bonchev–Trinajstić information content (AvgIpc) is 3.76. The van der Waals surface area contributed by atoms with E-state index in [0.717, 1.165) is 88.4 Å². The van der Waals surface area contributed by atoms with E-state index >= 15 is 0 Å². The normalized spacial score (nSPS) is 9.89. The van der Waals surface area contributed by atoms with Crippen LogP contribution in [0.5, 0.6) is 0 Å². The lowest BCUT2D eigenvalue weighted by Gasteiger charge is -2.20. The van der Waals surface area contributed by atoms with Crippen LogP contribution in [0, 0.1) is 28.5 Å². The van der Waals surface area contributed by atoms with Crippen molar-refractivity contribution in [3.8, 4) is 12.1 Å². The van der Waals surface area contributed by atoms with Crippen molar-refractivity contribution in [1.29, 1.82) is 10.5 Å². The number of hydrazine groups is 1. The van der Waals surface area contributed by atoms with Crippen molar-refractivity contribution in [3.63, 3.8) is 0 Å². The molecule has 88 heavy (non-hydrogen) atoms. The van der Waals surface area contributed by atoms with E-state index in [4.69, 9.17) is 10.5 Å². The van der Waals surface area contributed by atoms with Gasteiger partial charge in [-0.2, -0.15) is 10.5 Å². The van der Waals surface area contributed by atoms with Crippen LogP contribution in [0.3, 0.4) is 0 Å². The first-order valence-electron chi connectivity index (χ1n) is 31.3. The molecule has 0 aliphatic heterocycles. The highest BCUT2D eigenvalue weighted by Gasteiger charge is 2.10. The molecule has 6 rings (SSSR count). The first-order chi connectivity index (χ1) is 42.0. The Labute approximate surface area is 533 Å². The highest BCUT2D eigenvalue weighted by atomic mass is 19.1. The van der Waals surface area contributed by atoms with Gasteiger partial charge in [0.1, 0.15) is 12.1 Å². The number of carbonyl (C=O) groups is 1. The molecule has 14 heteroatoms. The van der Waals surface area contributed by atoms with Crippen LogP contribution in [-0.2, 0) is 0 Å². The Morgan fingerprint density at radius 2 is 0.750 bits per heavy atom. The fourth-order valence-electron chi connectivity index (χ4n) is 8.79. The molecular formula is C74H115FN10O3. The van der Waals surface area contributed by atoms with Crippen LogP contribution in [0.2, 0.25) is 0 Å². The number of rotatable bonds is 25. The molecule has 486 valence electrons. The topological polar surface area (TPSA) is 197 Å². The lowest BCUT2D eigenvalue weighted by atomic mass is 9.94. The van der Waals surface area contributed by atoms with Gasteiger partial charge in [-0.15, -0.1) is 0 Å². The number of aliphatic hydroxyl groups excluding tert-OH is 1. The van der Waals surface area contributed by atoms with Crippen LogP contribution in [0.1, 0.15) is 170 Å². The zero-order valence-electron chi connectivity index (χ0n) is 56.7. The highest BCUT2D eigenvalue weighted by molar-refractivity contribution is 5.75. The summed E-state index contributed by atoms with van der Waals surface area (Å²) >= 11 is 0. The van der Waals surface area contributed by atoms with E-state index in [0.29, 0.717) is 11.1 Å². The number of nitrogens with one attached hydrogen (secondary N) is 1. The summed E-state index contributed by atoms with van der Waals surface area (Å²) in [6.45, 7) is 30.2. The van der Waals surface area contributed by atoms with Gasteiger partial charge in [-0.05, 0) is 203 Å². The van der Waals surface area contributed by atoms with E-state index in [1.54, 1.807) is 0 Å². The first kappa shape index (κ1) is 84.6. The van der Waals surface area contributed by atoms with Crippen LogP contribution < -0.4 is 41.5 Å². The van der Waals surface area contributed by atoms with Crippen molar-refractivity contribution in [2.75, 3.05) is 113 Å². The summed E-state index contributed by atoms with van der Waals surface area (Å²) in [4.78, 5) is 21.6. The van der Waals surface area contributed by atoms with Crippen molar-refractivity contribution in [2.45, 2.75) is 132 Å². The van der Waals surface area contributed by atoms with E-state index in [9.17, 15) is 14.3 Å². The maximum Gasteiger partial charge on any atom is 0.150 e. The van der Waals surface area contributed by atoms with Crippen molar-refractivity contribution in [3.05, 3.63) is 191 Å². The minimum Gasteiger partial charge on any atom is -0.412 e. The Bertz CT molecular complexity index is 2530. The second kappa shape index (κ2) is 54.8. The number of benzene rings is 6. The van der Waals surface area contributed by atoms with Gasteiger partial charge < -0.3 is 40.4 Å². The summed E-state index contributed by atoms with van der Waals surface area (Å²) in [5.41, 5.74) is 12.0. The molecule has 0 heterocycles. The largest absolute Gasteiger partial charge is 0.412 e. The van der Waals surface area contributed by atoms with Gasteiger partial charge in [-0.1, -0.05) is 111 Å². The second-order valence-corrected chi connectivity index (χ2v) is 21.0. The molecule has 0 aliphatic rings. The molecule has 0 fully saturated rings. The monoisotopic (exact) mass is 1210 g/mol. The number of carbonyl (C=O) groups excluding carboxylic acids is 1. The fourth-order valence-corrected chi connectivity index (χ4v) is 8.79. The summed E-state index contributed by atoms with van der Waals surface area (Å²) in [5.74, 6) is 8.70. The Kier molecular flexibility index (Phi) is 52.7. The maximum absolute atomic E-state index is 12.1. The maximum atomic E-state index is 12.1. The van der Waals surface area contributed by atoms with Crippen LogP contribution in [-0.4, -0.2) is 105 Å². The van der Waals surface area contributed by atoms with Crippen molar-refractivity contribution in [2.24, 2.45) is 11.7 Å². The van der Waals surface area contributed by atoms with Gasteiger partial charge in [-0.3, -0.25) is 16.5 Å². The van der Waals surface area contributed by atoms with Crippen molar-refractivity contribution < 1.29 is 19.8 Å². The highest BCUT2D eigenvalue weighted by Crippen LogP contribution is 2.26.